The number of benzene rings is 2. The molecule has 2 aromatic carbocycles. The van der Waals surface area contributed by atoms with E-state index >= 15 is 0 Å². The van der Waals surface area contributed by atoms with Gasteiger partial charge in [-0.2, -0.15) is 5.01 Å². The Balaban J connectivity index is 1.80. The van der Waals surface area contributed by atoms with Crippen molar-refractivity contribution in [1.82, 2.24) is 10.0 Å². The number of Topliss-reactive ketones (excluding diaryl/α,β-unsaturated/α-hetero) is 1. The molecule has 0 radical (unpaired) electrons. The fourth-order valence-electron chi connectivity index (χ4n) is 4.39. The maximum atomic E-state index is 13.7. The number of amides is 3. The van der Waals surface area contributed by atoms with Crippen molar-refractivity contribution in [2.45, 2.75) is 32.2 Å². The van der Waals surface area contributed by atoms with E-state index in [0.717, 1.165) is 10.0 Å². The highest BCUT2D eigenvalue weighted by Gasteiger charge is 2.52. The standard InChI is InChI=1S/C25H22Cl2N2O4/c1-2-21(22(30)15-8-4-3-5-9-15)28(23(31)16-12-13-19(26)20(27)14-16)29-24(32)17-10-6-7-11-18(17)25(29)33/h3-9,12-14,17-18,21H,2,10-11H2,1H3/t17-,18-,21-/m1/s1. The number of imide groups is 1. The summed E-state index contributed by atoms with van der Waals surface area (Å²) in [5, 5.41) is 2.33. The normalized spacial score (nSPS) is 20.5. The van der Waals surface area contributed by atoms with Crippen molar-refractivity contribution in [3.63, 3.8) is 0 Å². The topological polar surface area (TPSA) is 74.8 Å². The van der Waals surface area contributed by atoms with Crippen LogP contribution >= 0.6 is 23.2 Å². The number of ketones is 1. The van der Waals surface area contributed by atoms with Gasteiger partial charge in [-0.15, -0.1) is 0 Å². The molecule has 1 aliphatic carbocycles. The lowest BCUT2D eigenvalue weighted by Crippen LogP contribution is -2.57. The van der Waals surface area contributed by atoms with Gasteiger partial charge in [0.05, 0.1) is 21.9 Å². The number of fused-ring (bicyclic) bond motifs is 1. The fourth-order valence-corrected chi connectivity index (χ4v) is 4.69. The van der Waals surface area contributed by atoms with Crippen LogP contribution in [0.1, 0.15) is 46.9 Å². The lowest BCUT2D eigenvalue weighted by Gasteiger charge is -2.36. The van der Waals surface area contributed by atoms with Crippen LogP contribution in [0.15, 0.2) is 60.7 Å². The van der Waals surface area contributed by atoms with Crippen LogP contribution in [-0.4, -0.2) is 39.6 Å². The van der Waals surface area contributed by atoms with Crippen LogP contribution in [0.2, 0.25) is 10.0 Å². The van der Waals surface area contributed by atoms with E-state index in [9.17, 15) is 19.2 Å². The van der Waals surface area contributed by atoms with Gasteiger partial charge in [-0.25, -0.2) is 5.01 Å². The Morgan fingerprint density at radius 3 is 2.09 bits per heavy atom. The van der Waals surface area contributed by atoms with E-state index in [0.29, 0.717) is 18.4 Å². The van der Waals surface area contributed by atoms with Gasteiger partial charge in [-0.3, -0.25) is 19.2 Å². The van der Waals surface area contributed by atoms with Crippen molar-refractivity contribution in [3.8, 4) is 0 Å². The Kier molecular flexibility index (Phi) is 6.68. The molecule has 2 aromatic rings. The third kappa shape index (κ3) is 4.21. The lowest BCUT2D eigenvalue weighted by atomic mass is 9.85. The summed E-state index contributed by atoms with van der Waals surface area (Å²) in [4.78, 5) is 53.9. The number of halogens is 2. The highest BCUT2D eigenvalue weighted by atomic mass is 35.5. The largest absolute Gasteiger partial charge is 0.292 e. The van der Waals surface area contributed by atoms with E-state index in [1.54, 1.807) is 37.3 Å². The summed E-state index contributed by atoms with van der Waals surface area (Å²) >= 11 is 12.1. The molecule has 8 heteroatoms. The maximum absolute atomic E-state index is 13.7. The lowest BCUT2D eigenvalue weighted by molar-refractivity contribution is -0.156. The molecule has 2 aliphatic rings. The molecule has 0 spiro atoms. The van der Waals surface area contributed by atoms with E-state index in [4.69, 9.17) is 23.2 Å². The molecular formula is C25H22Cl2N2O4. The van der Waals surface area contributed by atoms with Crippen molar-refractivity contribution in [2.24, 2.45) is 11.8 Å². The number of allylic oxidation sites excluding steroid dienone is 2. The summed E-state index contributed by atoms with van der Waals surface area (Å²) in [6, 6.07) is 11.7. The number of hydrazine groups is 1. The van der Waals surface area contributed by atoms with Crippen LogP contribution in [0.4, 0.5) is 0 Å². The van der Waals surface area contributed by atoms with Gasteiger partial charge >= 0.3 is 0 Å². The van der Waals surface area contributed by atoms with Gasteiger partial charge in [0, 0.05) is 11.1 Å². The zero-order valence-electron chi connectivity index (χ0n) is 17.9. The van der Waals surface area contributed by atoms with Gasteiger partial charge in [0.25, 0.3) is 17.7 Å². The van der Waals surface area contributed by atoms with Crippen LogP contribution in [0, 0.1) is 11.8 Å². The smallest absolute Gasteiger partial charge is 0.273 e. The van der Waals surface area contributed by atoms with E-state index < -0.39 is 35.6 Å². The number of carbonyl (C=O) groups excluding carboxylic acids is 4. The van der Waals surface area contributed by atoms with Gasteiger partial charge in [-0.05, 0) is 37.5 Å². The molecule has 0 unspecified atom stereocenters. The quantitative estimate of drug-likeness (QED) is 0.329. The summed E-state index contributed by atoms with van der Waals surface area (Å²) in [7, 11) is 0. The summed E-state index contributed by atoms with van der Waals surface area (Å²) in [6.45, 7) is 1.74. The Labute approximate surface area is 201 Å². The summed E-state index contributed by atoms with van der Waals surface area (Å²) in [6.07, 6.45) is 4.78. The van der Waals surface area contributed by atoms with Crippen molar-refractivity contribution in [1.29, 1.82) is 0 Å². The molecule has 1 saturated heterocycles. The van der Waals surface area contributed by atoms with Crippen molar-refractivity contribution >= 4 is 46.7 Å². The number of rotatable bonds is 6. The van der Waals surface area contributed by atoms with Crippen LogP contribution < -0.4 is 0 Å². The maximum Gasteiger partial charge on any atom is 0.273 e. The Hall–Kier alpha value is -2.96. The fraction of sp³-hybridized carbons (Fsp3) is 0.280. The minimum absolute atomic E-state index is 0.123. The molecule has 1 fully saturated rings. The van der Waals surface area contributed by atoms with E-state index in [2.05, 4.69) is 0 Å². The zero-order valence-corrected chi connectivity index (χ0v) is 19.4. The molecular weight excluding hydrogens is 463 g/mol. The average molecular weight is 485 g/mol. The molecule has 3 amide bonds. The number of nitrogens with zero attached hydrogens (tertiary/aromatic N) is 2. The number of hydrogen-bond donors (Lipinski definition) is 0. The monoisotopic (exact) mass is 484 g/mol. The molecule has 0 N–H and O–H groups in total. The molecule has 1 heterocycles. The van der Waals surface area contributed by atoms with Crippen molar-refractivity contribution in [2.75, 3.05) is 0 Å². The first-order chi connectivity index (χ1) is 15.8. The second kappa shape index (κ2) is 9.49. The minimum atomic E-state index is -1.06. The molecule has 0 bridgehead atoms. The Morgan fingerprint density at radius 2 is 1.55 bits per heavy atom. The first-order valence-electron chi connectivity index (χ1n) is 10.8. The van der Waals surface area contributed by atoms with Crippen molar-refractivity contribution < 1.29 is 19.2 Å². The van der Waals surface area contributed by atoms with Crippen LogP contribution in [0.3, 0.4) is 0 Å². The van der Waals surface area contributed by atoms with Gasteiger partial charge in [0.2, 0.25) is 0 Å². The van der Waals surface area contributed by atoms with Gasteiger partial charge in [0.1, 0.15) is 6.04 Å². The number of carbonyl (C=O) groups is 4. The van der Waals surface area contributed by atoms with Crippen molar-refractivity contribution in [3.05, 3.63) is 81.9 Å². The van der Waals surface area contributed by atoms with Crippen LogP contribution in [0.25, 0.3) is 0 Å². The molecule has 0 saturated carbocycles. The highest BCUT2D eigenvalue weighted by molar-refractivity contribution is 6.42. The third-order valence-corrected chi connectivity index (χ3v) is 6.86. The molecule has 6 nitrogen and oxygen atoms in total. The minimum Gasteiger partial charge on any atom is -0.292 e. The average Bonchev–Trinajstić information content (AvgIpc) is 3.09. The molecule has 1 aliphatic heterocycles. The summed E-state index contributed by atoms with van der Waals surface area (Å²) in [5.41, 5.74) is 0.506. The Bertz CT molecular complexity index is 1120. The number of hydrogen-bond acceptors (Lipinski definition) is 4. The first-order valence-corrected chi connectivity index (χ1v) is 11.5. The molecule has 4 rings (SSSR count). The summed E-state index contributed by atoms with van der Waals surface area (Å²) in [5.74, 6) is -3.06. The second-order valence-corrected chi connectivity index (χ2v) is 8.89. The Morgan fingerprint density at radius 1 is 0.939 bits per heavy atom. The molecule has 3 atom stereocenters. The highest BCUT2D eigenvalue weighted by Crippen LogP contribution is 2.37. The van der Waals surface area contributed by atoms with Gasteiger partial charge in [0.15, 0.2) is 5.78 Å². The zero-order chi connectivity index (χ0) is 23.7. The predicted octanol–water partition coefficient (Wildman–Crippen LogP) is 4.96. The van der Waals surface area contributed by atoms with Crippen LogP contribution in [-0.2, 0) is 9.59 Å². The van der Waals surface area contributed by atoms with E-state index in [-0.39, 0.29) is 27.8 Å². The molecule has 170 valence electrons. The van der Waals surface area contributed by atoms with Crippen LogP contribution in [0.5, 0.6) is 0 Å². The first kappa shape index (κ1) is 23.2. The van der Waals surface area contributed by atoms with E-state index in [1.807, 2.05) is 12.2 Å². The molecule has 33 heavy (non-hydrogen) atoms. The van der Waals surface area contributed by atoms with Gasteiger partial charge < -0.3 is 0 Å². The third-order valence-electron chi connectivity index (χ3n) is 6.12. The second-order valence-electron chi connectivity index (χ2n) is 8.08. The van der Waals surface area contributed by atoms with E-state index in [1.165, 1.54) is 18.2 Å². The molecule has 0 aromatic heterocycles. The SMILES string of the molecule is CC[C@H](C(=O)c1ccccc1)N(C(=O)c1ccc(Cl)c(Cl)c1)N1C(=O)[C@@H]2CC=CC[C@H]2C1=O. The van der Waals surface area contributed by atoms with Gasteiger partial charge in [-0.1, -0.05) is 72.6 Å². The summed E-state index contributed by atoms with van der Waals surface area (Å²) < 4.78 is 0. The predicted molar refractivity (Wildman–Crippen MR) is 125 cm³/mol.